The number of amides is 1. The highest BCUT2D eigenvalue weighted by Gasteiger charge is 2.33. The van der Waals surface area contributed by atoms with E-state index < -0.39 is 0 Å². The van der Waals surface area contributed by atoms with Crippen LogP contribution in [0.3, 0.4) is 0 Å². The third-order valence-electron chi connectivity index (χ3n) is 4.42. The Labute approximate surface area is 133 Å². The van der Waals surface area contributed by atoms with Gasteiger partial charge in [-0.2, -0.15) is 0 Å². The van der Waals surface area contributed by atoms with E-state index in [1.807, 2.05) is 0 Å². The van der Waals surface area contributed by atoms with Crippen LogP contribution in [0.1, 0.15) is 34.1 Å². The van der Waals surface area contributed by atoms with Crippen molar-refractivity contribution in [2.24, 2.45) is 0 Å². The average Bonchev–Trinajstić information content (AvgIpc) is 2.45. The van der Waals surface area contributed by atoms with Gasteiger partial charge in [0, 0.05) is 44.2 Å². The van der Waals surface area contributed by atoms with Crippen molar-refractivity contribution in [2.45, 2.75) is 57.9 Å². The summed E-state index contributed by atoms with van der Waals surface area (Å²) in [5.74, 6) is 0.0884. The molecule has 22 heavy (non-hydrogen) atoms. The number of carbonyl (C=O) groups excluding carboxylic acids is 1. The average molecular weight is 313 g/mol. The van der Waals surface area contributed by atoms with Crippen LogP contribution in [-0.4, -0.2) is 74.0 Å². The maximum absolute atomic E-state index is 12.1. The fraction of sp³-hybridized carbons (Fsp3) is 0.938. The quantitative estimate of drug-likeness (QED) is 0.768. The lowest BCUT2D eigenvalue weighted by Crippen LogP contribution is -2.59. The van der Waals surface area contributed by atoms with Crippen LogP contribution in [0.5, 0.6) is 0 Å². The minimum absolute atomic E-state index is 0.0710. The minimum atomic E-state index is -0.0710. The second-order valence-corrected chi connectivity index (χ2v) is 7.18. The Bertz CT molecular complexity index is 360. The lowest BCUT2D eigenvalue weighted by Gasteiger charge is -2.45. The molecule has 2 saturated heterocycles. The number of carbonyl (C=O) groups is 1. The SMILES string of the molecule is CC1CN(C(C)(C)CNC(=O)CC2COCCN2)CC(C)O1. The van der Waals surface area contributed by atoms with Gasteiger partial charge < -0.3 is 20.1 Å². The number of morpholine rings is 2. The largest absolute Gasteiger partial charge is 0.378 e. The van der Waals surface area contributed by atoms with Gasteiger partial charge in [-0.15, -0.1) is 0 Å². The summed E-state index contributed by atoms with van der Waals surface area (Å²) in [5, 5.41) is 6.39. The number of nitrogens with one attached hydrogen (secondary N) is 2. The van der Waals surface area contributed by atoms with E-state index in [0.29, 0.717) is 19.6 Å². The maximum Gasteiger partial charge on any atom is 0.221 e. The molecule has 2 aliphatic heterocycles. The van der Waals surface area contributed by atoms with Gasteiger partial charge in [-0.05, 0) is 27.7 Å². The molecule has 2 aliphatic rings. The van der Waals surface area contributed by atoms with E-state index in [1.54, 1.807) is 0 Å². The van der Waals surface area contributed by atoms with E-state index in [-0.39, 0.29) is 29.7 Å². The van der Waals surface area contributed by atoms with Crippen molar-refractivity contribution in [3.8, 4) is 0 Å². The van der Waals surface area contributed by atoms with Crippen LogP contribution in [0.15, 0.2) is 0 Å². The van der Waals surface area contributed by atoms with E-state index in [0.717, 1.165) is 26.2 Å². The van der Waals surface area contributed by atoms with Gasteiger partial charge in [-0.3, -0.25) is 9.69 Å². The maximum atomic E-state index is 12.1. The molecular formula is C16H31N3O3. The Morgan fingerprint density at radius 1 is 1.32 bits per heavy atom. The monoisotopic (exact) mass is 313 g/mol. The molecule has 0 radical (unpaired) electrons. The van der Waals surface area contributed by atoms with Gasteiger partial charge in [0.2, 0.25) is 5.91 Å². The molecule has 2 fully saturated rings. The molecule has 0 aromatic rings. The summed E-state index contributed by atoms with van der Waals surface area (Å²) in [4.78, 5) is 14.5. The lowest BCUT2D eigenvalue weighted by atomic mass is 10.00. The Morgan fingerprint density at radius 3 is 2.59 bits per heavy atom. The highest BCUT2D eigenvalue weighted by atomic mass is 16.5. The molecular weight excluding hydrogens is 282 g/mol. The Hall–Kier alpha value is -0.690. The molecule has 0 bridgehead atoms. The Balaban J connectivity index is 1.77. The predicted octanol–water partition coefficient (Wildman–Crippen LogP) is 0.369. The van der Waals surface area contributed by atoms with Crippen molar-refractivity contribution in [2.75, 3.05) is 39.4 Å². The van der Waals surface area contributed by atoms with Crippen molar-refractivity contribution in [3.05, 3.63) is 0 Å². The summed E-state index contributed by atoms with van der Waals surface area (Å²) in [7, 11) is 0. The Morgan fingerprint density at radius 2 is 2.00 bits per heavy atom. The first-order valence-electron chi connectivity index (χ1n) is 8.35. The highest BCUT2D eigenvalue weighted by Crippen LogP contribution is 2.20. The molecule has 0 aliphatic carbocycles. The van der Waals surface area contributed by atoms with Crippen molar-refractivity contribution in [1.29, 1.82) is 0 Å². The summed E-state index contributed by atoms with van der Waals surface area (Å²) in [6.45, 7) is 13.2. The van der Waals surface area contributed by atoms with Gasteiger partial charge in [0.05, 0.1) is 25.4 Å². The molecule has 6 heteroatoms. The van der Waals surface area contributed by atoms with Gasteiger partial charge in [0.25, 0.3) is 0 Å². The van der Waals surface area contributed by atoms with Crippen LogP contribution in [0.25, 0.3) is 0 Å². The van der Waals surface area contributed by atoms with Crippen LogP contribution in [0.4, 0.5) is 0 Å². The van der Waals surface area contributed by atoms with E-state index >= 15 is 0 Å². The number of rotatable bonds is 5. The molecule has 0 spiro atoms. The first-order valence-corrected chi connectivity index (χ1v) is 8.35. The molecule has 0 aromatic heterocycles. The van der Waals surface area contributed by atoms with Gasteiger partial charge in [-0.1, -0.05) is 0 Å². The van der Waals surface area contributed by atoms with Gasteiger partial charge in [0.15, 0.2) is 0 Å². The van der Waals surface area contributed by atoms with Crippen LogP contribution >= 0.6 is 0 Å². The van der Waals surface area contributed by atoms with Gasteiger partial charge in [-0.25, -0.2) is 0 Å². The summed E-state index contributed by atoms with van der Waals surface area (Å²) in [6.07, 6.45) is 0.955. The van der Waals surface area contributed by atoms with E-state index in [2.05, 4.69) is 43.2 Å². The van der Waals surface area contributed by atoms with E-state index in [9.17, 15) is 4.79 Å². The summed E-state index contributed by atoms with van der Waals surface area (Å²) < 4.78 is 11.2. The number of hydrogen-bond donors (Lipinski definition) is 2. The van der Waals surface area contributed by atoms with E-state index in [1.165, 1.54) is 0 Å². The molecule has 2 heterocycles. The van der Waals surface area contributed by atoms with Crippen LogP contribution in [0, 0.1) is 0 Å². The van der Waals surface area contributed by atoms with Crippen LogP contribution < -0.4 is 10.6 Å². The topological polar surface area (TPSA) is 62.8 Å². The zero-order chi connectivity index (χ0) is 16.2. The van der Waals surface area contributed by atoms with Crippen LogP contribution in [-0.2, 0) is 14.3 Å². The lowest BCUT2D eigenvalue weighted by molar-refractivity contribution is -0.124. The number of nitrogens with zero attached hydrogens (tertiary/aromatic N) is 1. The number of hydrogen-bond acceptors (Lipinski definition) is 5. The van der Waals surface area contributed by atoms with Crippen molar-refractivity contribution in [1.82, 2.24) is 15.5 Å². The molecule has 6 nitrogen and oxygen atoms in total. The fourth-order valence-corrected chi connectivity index (χ4v) is 3.15. The first-order chi connectivity index (χ1) is 10.4. The minimum Gasteiger partial charge on any atom is -0.378 e. The second kappa shape index (κ2) is 7.73. The molecule has 2 N–H and O–H groups in total. The van der Waals surface area contributed by atoms with Crippen molar-refractivity contribution < 1.29 is 14.3 Å². The van der Waals surface area contributed by atoms with Crippen molar-refractivity contribution in [3.63, 3.8) is 0 Å². The third-order valence-corrected chi connectivity index (χ3v) is 4.42. The molecule has 3 unspecified atom stereocenters. The zero-order valence-corrected chi connectivity index (χ0v) is 14.4. The summed E-state index contributed by atoms with van der Waals surface area (Å²) in [6, 6.07) is 0.139. The zero-order valence-electron chi connectivity index (χ0n) is 14.4. The third kappa shape index (κ3) is 5.19. The van der Waals surface area contributed by atoms with Gasteiger partial charge in [0.1, 0.15) is 0 Å². The molecule has 3 atom stereocenters. The van der Waals surface area contributed by atoms with Crippen molar-refractivity contribution >= 4 is 5.91 Å². The van der Waals surface area contributed by atoms with Crippen LogP contribution in [0.2, 0.25) is 0 Å². The second-order valence-electron chi connectivity index (χ2n) is 7.18. The normalized spacial score (nSPS) is 31.0. The molecule has 2 rings (SSSR count). The molecule has 0 aromatic carbocycles. The highest BCUT2D eigenvalue weighted by molar-refractivity contribution is 5.76. The number of ether oxygens (including phenoxy) is 2. The first kappa shape index (κ1) is 17.7. The van der Waals surface area contributed by atoms with E-state index in [4.69, 9.17) is 9.47 Å². The summed E-state index contributed by atoms with van der Waals surface area (Å²) in [5.41, 5.74) is -0.0710. The molecule has 128 valence electrons. The van der Waals surface area contributed by atoms with Gasteiger partial charge >= 0.3 is 0 Å². The Kier molecular flexibility index (Phi) is 6.20. The standard InChI is InChI=1S/C16H31N3O3/c1-12-8-19(9-13(2)22-12)16(3,4)11-18-15(20)7-14-10-21-6-5-17-14/h12-14,17H,5-11H2,1-4H3,(H,18,20). The smallest absolute Gasteiger partial charge is 0.221 e. The molecule has 0 saturated carbocycles. The molecule has 1 amide bonds. The predicted molar refractivity (Wildman–Crippen MR) is 85.9 cm³/mol. The fourth-order valence-electron chi connectivity index (χ4n) is 3.15. The summed E-state index contributed by atoms with van der Waals surface area (Å²) >= 11 is 0.